The fraction of sp³-hybridized carbons (Fsp3) is 0. The van der Waals surface area contributed by atoms with Crippen molar-refractivity contribution in [2.24, 2.45) is 0 Å². The van der Waals surface area contributed by atoms with Crippen molar-refractivity contribution in [2.45, 2.75) is 0 Å². The third-order valence-corrected chi connectivity index (χ3v) is 2.78. The Morgan fingerprint density at radius 2 is 1.44 bits per heavy atom. The molecule has 0 saturated carbocycles. The Labute approximate surface area is 95.2 Å². The first-order chi connectivity index (χ1) is 7.95. The Hall–Kier alpha value is -2.08. The van der Waals surface area contributed by atoms with Crippen molar-refractivity contribution in [3.63, 3.8) is 0 Å². The molecular weight excluding hydrogens is 192 g/mol. The van der Waals surface area contributed by atoms with Gasteiger partial charge < -0.3 is 0 Å². The van der Waals surface area contributed by atoms with Crippen LogP contribution < -0.4 is 0 Å². The van der Waals surface area contributed by atoms with Crippen LogP contribution in [-0.4, -0.2) is 0 Å². The third kappa shape index (κ3) is 1.49. The predicted molar refractivity (Wildman–Crippen MR) is 68.2 cm³/mol. The maximum absolute atomic E-state index is 3.33. The van der Waals surface area contributed by atoms with Gasteiger partial charge in [0.2, 0.25) is 0 Å². The second-order valence-corrected chi connectivity index (χ2v) is 3.81. The van der Waals surface area contributed by atoms with Crippen LogP contribution in [0.1, 0.15) is 0 Å². The van der Waals surface area contributed by atoms with Gasteiger partial charge in [0, 0.05) is 0 Å². The van der Waals surface area contributed by atoms with Gasteiger partial charge in [0.05, 0.1) is 0 Å². The molecule has 0 aromatic heterocycles. The standard InChI is InChI=1S/C16H11/c1-2-7-13(8-3-1)16-12-6-10-14-9-4-5-11-15(14)16/h1-11H. The van der Waals surface area contributed by atoms with E-state index in [9.17, 15) is 0 Å². The van der Waals surface area contributed by atoms with E-state index in [-0.39, 0.29) is 0 Å². The van der Waals surface area contributed by atoms with Gasteiger partial charge in [-0.3, -0.25) is 0 Å². The Morgan fingerprint density at radius 1 is 0.688 bits per heavy atom. The average molecular weight is 203 g/mol. The highest BCUT2D eigenvalue weighted by molar-refractivity contribution is 5.96. The Balaban J connectivity index is 2.32. The molecule has 0 aliphatic carbocycles. The lowest BCUT2D eigenvalue weighted by Gasteiger charge is -2.05. The summed E-state index contributed by atoms with van der Waals surface area (Å²) in [5.74, 6) is 0. The van der Waals surface area contributed by atoms with Crippen molar-refractivity contribution in [2.75, 3.05) is 0 Å². The average Bonchev–Trinajstić information content (AvgIpc) is 2.39. The van der Waals surface area contributed by atoms with Gasteiger partial charge in [0.15, 0.2) is 0 Å². The number of hydrogen-bond donors (Lipinski definition) is 0. The summed E-state index contributed by atoms with van der Waals surface area (Å²) in [4.78, 5) is 0. The van der Waals surface area contributed by atoms with Crippen molar-refractivity contribution in [3.8, 4) is 11.1 Å². The lowest BCUT2D eigenvalue weighted by molar-refractivity contribution is 1.64. The minimum absolute atomic E-state index is 1.18. The van der Waals surface area contributed by atoms with Gasteiger partial charge in [-0.15, -0.1) is 0 Å². The number of fused-ring (bicyclic) bond motifs is 1. The summed E-state index contributed by atoms with van der Waals surface area (Å²) >= 11 is 0. The second-order valence-electron chi connectivity index (χ2n) is 3.81. The highest BCUT2D eigenvalue weighted by atomic mass is 14.0. The van der Waals surface area contributed by atoms with Crippen LogP contribution in [-0.2, 0) is 0 Å². The zero-order valence-electron chi connectivity index (χ0n) is 8.85. The molecule has 0 spiro atoms. The van der Waals surface area contributed by atoms with Crippen LogP contribution in [0.5, 0.6) is 0 Å². The molecule has 3 aromatic rings. The molecule has 0 amide bonds. The van der Waals surface area contributed by atoms with Gasteiger partial charge in [-0.05, 0) is 28.0 Å². The summed E-state index contributed by atoms with van der Waals surface area (Å²) in [7, 11) is 0. The molecule has 75 valence electrons. The molecule has 0 N–H and O–H groups in total. The first-order valence-electron chi connectivity index (χ1n) is 5.40. The van der Waals surface area contributed by atoms with Crippen LogP contribution in [0.2, 0.25) is 0 Å². The van der Waals surface area contributed by atoms with Crippen molar-refractivity contribution < 1.29 is 0 Å². The zero-order chi connectivity index (χ0) is 10.8. The summed E-state index contributed by atoms with van der Waals surface area (Å²) in [5, 5.41) is 2.52. The largest absolute Gasteiger partial charge is 0.0622 e. The summed E-state index contributed by atoms with van der Waals surface area (Å²) in [6.45, 7) is 0. The van der Waals surface area contributed by atoms with Gasteiger partial charge in [-0.25, -0.2) is 0 Å². The van der Waals surface area contributed by atoms with E-state index >= 15 is 0 Å². The molecule has 1 radical (unpaired) electrons. The van der Waals surface area contributed by atoms with E-state index in [0.29, 0.717) is 0 Å². The maximum Gasteiger partial charge on any atom is -0.00266 e. The molecule has 0 atom stereocenters. The Bertz CT molecular complexity index is 604. The van der Waals surface area contributed by atoms with E-state index in [0.717, 1.165) is 0 Å². The molecule has 0 fully saturated rings. The van der Waals surface area contributed by atoms with E-state index in [1.54, 1.807) is 0 Å². The van der Waals surface area contributed by atoms with Crippen LogP contribution in [0.4, 0.5) is 0 Å². The molecule has 0 unspecified atom stereocenters. The third-order valence-electron chi connectivity index (χ3n) is 2.78. The molecule has 0 saturated heterocycles. The first-order valence-corrected chi connectivity index (χ1v) is 5.40. The van der Waals surface area contributed by atoms with Crippen LogP contribution >= 0.6 is 0 Å². The summed E-state index contributed by atoms with van der Waals surface area (Å²) in [5.41, 5.74) is 2.40. The number of hydrogen-bond acceptors (Lipinski definition) is 0. The normalized spacial score (nSPS) is 10.5. The summed E-state index contributed by atoms with van der Waals surface area (Å²) in [6, 6.07) is 26.2. The van der Waals surface area contributed by atoms with Gasteiger partial charge in [-0.2, -0.15) is 0 Å². The maximum atomic E-state index is 3.33. The quantitative estimate of drug-likeness (QED) is 0.553. The molecule has 0 aliphatic rings. The van der Waals surface area contributed by atoms with Gasteiger partial charge in [0.1, 0.15) is 0 Å². The molecule has 3 aromatic carbocycles. The zero-order valence-corrected chi connectivity index (χ0v) is 8.85. The molecule has 0 heteroatoms. The van der Waals surface area contributed by atoms with Gasteiger partial charge >= 0.3 is 0 Å². The monoisotopic (exact) mass is 203 g/mol. The van der Waals surface area contributed by atoms with E-state index in [1.807, 2.05) is 12.1 Å². The van der Waals surface area contributed by atoms with Crippen LogP contribution in [0.25, 0.3) is 21.9 Å². The molecule has 0 heterocycles. The molecule has 0 bridgehead atoms. The SMILES string of the molecule is [c]1ccc2ccccc2c1-c1ccccc1. The first kappa shape index (κ1) is 9.17. The molecular formula is C16H11. The van der Waals surface area contributed by atoms with E-state index in [4.69, 9.17) is 0 Å². The van der Waals surface area contributed by atoms with Crippen LogP contribution in [0, 0.1) is 6.07 Å². The number of benzene rings is 3. The number of rotatable bonds is 1. The van der Waals surface area contributed by atoms with Gasteiger partial charge in [-0.1, -0.05) is 66.7 Å². The summed E-state index contributed by atoms with van der Waals surface area (Å²) < 4.78 is 0. The van der Waals surface area contributed by atoms with Gasteiger partial charge in [0.25, 0.3) is 0 Å². The Morgan fingerprint density at radius 3 is 2.31 bits per heavy atom. The second kappa shape index (κ2) is 3.82. The van der Waals surface area contributed by atoms with Crippen LogP contribution in [0.15, 0.2) is 66.7 Å². The minimum atomic E-state index is 1.18. The lowest BCUT2D eigenvalue weighted by Crippen LogP contribution is -1.80. The predicted octanol–water partition coefficient (Wildman–Crippen LogP) is 4.31. The van der Waals surface area contributed by atoms with Crippen LogP contribution in [0.3, 0.4) is 0 Å². The highest BCUT2D eigenvalue weighted by Crippen LogP contribution is 2.27. The highest BCUT2D eigenvalue weighted by Gasteiger charge is 2.01. The Kier molecular flexibility index (Phi) is 2.19. The lowest BCUT2D eigenvalue weighted by atomic mass is 9.98. The van der Waals surface area contributed by atoms with E-state index in [2.05, 4.69) is 60.7 Å². The molecule has 16 heavy (non-hydrogen) atoms. The van der Waals surface area contributed by atoms with Crippen molar-refractivity contribution in [3.05, 3.63) is 72.8 Å². The molecule has 0 nitrogen and oxygen atoms in total. The molecule has 3 rings (SSSR count). The molecule has 0 aliphatic heterocycles. The van der Waals surface area contributed by atoms with Crippen molar-refractivity contribution in [1.82, 2.24) is 0 Å². The smallest absolute Gasteiger partial charge is 0.00266 e. The topological polar surface area (TPSA) is 0 Å². The van der Waals surface area contributed by atoms with Crippen molar-refractivity contribution >= 4 is 10.8 Å². The minimum Gasteiger partial charge on any atom is -0.0622 e. The van der Waals surface area contributed by atoms with E-state index in [1.165, 1.54) is 21.9 Å². The fourth-order valence-corrected chi connectivity index (χ4v) is 2.01. The summed E-state index contributed by atoms with van der Waals surface area (Å²) in [6.07, 6.45) is 0. The van der Waals surface area contributed by atoms with E-state index < -0.39 is 0 Å². The fourth-order valence-electron chi connectivity index (χ4n) is 2.01. The van der Waals surface area contributed by atoms with Crippen molar-refractivity contribution in [1.29, 1.82) is 0 Å².